The molecule has 1 saturated heterocycles. The van der Waals surface area contributed by atoms with E-state index in [2.05, 4.69) is 19.6 Å². The molecule has 0 spiro atoms. The van der Waals surface area contributed by atoms with Crippen LogP contribution >= 0.6 is 12.6 Å². The number of rotatable bonds is 1. The summed E-state index contributed by atoms with van der Waals surface area (Å²) in [5, 5.41) is 0.158. The molecule has 1 aliphatic heterocycles. The van der Waals surface area contributed by atoms with Crippen molar-refractivity contribution in [3.8, 4) is 0 Å². The fourth-order valence-electron chi connectivity index (χ4n) is 1.07. The van der Waals surface area contributed by atoms with Crippen LogP contribution in [0.1, 0.15) is 19.3 Å². The van der Waals surface area contributed by atoms with Crippen LogP contribution in [-0.4, -0.2) is 18.0 Å². The summed E-state index contributed by atoms with van der Waals surface area (Å²) in [4.78, 5) is 0. The van der Waals surface area contributed by atoms with E-state index >= 15 is 0 Å². The lowest BCUT2D eigenvalue weighted by Crippen LogP contribution is -2.26. The normalized spacial score (nSPS) is 32.0. The largest absolute Gasteiger partial charge is 0.377 e. The van der Waals surface area contributed by atoms with Gasteiger partial charge in [-0.1, -0.05) is 0 Å². The van der Waals surface area contributed by atoms with E-state index in [9.17, 15) is 0 Å². The summed E-state index contributed by atoms with van der Waals surface area (Å²) in [7, 11) is 0. The summed E-state index contributed by atoms with van der Waals surface area (Å²) in [5.74, 6) is 0. The zero-order valence-corrected chi connectivity index (χ0v) is 6.44. The number of ether oxygens (including phenoxy) is 1. The average molecular weight is 145 g/mol. The minimum absolute atomic E-state index is 0.158. The molecule has 0 aromatic rings. The van der Waals surface area contributed by atoms with E-state index in [0.29, 0.717) is 6.10 Å². The Morgan fingerprint density at radius 3 is 2.67 bits per heavy atom. The lowest BCUT2D eigenvalue weighted by Gasteiger charge is -2.24. The third kappa shape index (κ3) is 2.18. The molecule has 2 unspecified atom stereocenters. The van der Waals surface area contributed by atoms with Gasteiger partial charge in [-0.05, 0) is 26.2 Å². The van der Waals surface area contributed by atoms with E-state index in [1.807, 2.05) is 0 Å². The Kier molecular flexibility index (Phi) is 2.86. The van der Waals surface area contributed by atoms with Crippen molar-refractivity contribution in [2.75, 3.05) is 6.61 Å². The van der Waals surface area contributed by atoms with E-state index in [4.69, 9.17) is 4.74 Å². The molecule has 2 atom stereocenters. The highest BCUT2D eigenvalue weighted by molar-refractivity contribution is 7.81. The minimum atomic E-state index is 0.158. The third-order valence-corrected chi connectivity index (χ3v) is 1.98. The van der Waals surface area contributed by atoms with Crippen LogP contribution < -0.4 is 0 Å². The zero-order chi connectivity index (χ0) is 6.69. The fraction of sp³-hybridized carbons (Fsp3) is 0.857. The van der Waals surface area contributed by atoms with Crippen LogP contribution in [0.2, 0.25) is 0 Å². The second-order valence-electron chi connectivity index (χ2n) is 2.47. The Balaban J connectivity index is 2.23. The van der Waals surface area contributed by atoms with Crippen LogP contribution in [0.4, 0.5) is 0 Å². The molecule has 53 valence electrons. The molecule has 2 heteroatoms. The first-order chi connectivity index (χ1) is 4.30. The molecule has 0 aliphatic carbocycles. The van der Waals surface area contributed by atoms with Crippen molar-refractivity contribution in [2.45, 2.75) is 30.6 Å². The van der Waals surface area contributed by atoms with Crippen molar-refractivity contribution in [1.82, 2.24) is 0 Å². The molecule has 0 bridgehead atoms. The van der Waals surface area contributed by atoms with E-state index in [1.54, 1.807) is 0 Å². The van der Waals surface area contributed by atoms with E-state index in [-0.39, 0.29) is 5.25 Å². The molecule has 0 saturated carbocycles. The molecule has 0 aromatic heterocycles. The van der Waals surface area contributed by atoms with Gasteiger partial charge in [0.1, 0.15) is 0 Å². The molecule has 1 fully saturated rings. The van der Waals surface area contributed by atoms with Crippen LogP contribution in [0.3, 0.4) is 0 Å². The molecule has 9 heavy (non-hydrogen) atoms. The average Bonchev–Trinajstić information content (AvgIpc) is 1.90. The van der Waals surface area contributed by atoms with Crippen molar-refractivity contribution in [3.63, 3.8) is 0 Å². The first-order valence-electron chi connectivity index (χ1n) is 3.43. The number of hydrogen-bond donors (Lipinski definition) is 1. The SMILES string of the molecule is [CH2]C(S)C1CCCCO1. The van der Waals surface area contributed by atoms with Crippen molar-refractivity contribution < 1.29 is 4.74 Å². The van der Waals surface area contributed by atoms with Crippen molar-refractivity contribution in [3.05, 3.63) is 6.92 Å². The summed E-state index contributed by atoms with van der Waals surface area (Å²) < 4.78 is 5.40. The lowest BCUT2D eigenvalue weighted by atomic mass is 10.1. The van der Waals surface area contributed by atoms with Gasteiger partial charge in [-0.15, -0.1) is 0 Å². The van der Waals surface area contributed by atoms with Crippen molar-refractivity contribution in [2.24, 2.45) is 0 Å². The van der Waals surface area contributed by atoms with Crippen LogP contribution in [0.25, 0.3) is 0 Å². The predicted molar refractivity (Wildman–Crippen MR) is 41.7 cm³/mol. The third-order valence-electron chi connectivity index (χ3n) is 1.64. The van der Waals surface area contributed by atoms with Crippen molar-refractivity contribution in [1.29, 1.82) is 0 Å². The van der Waals surface area contributed by atoms with Gasteiger partial charge in [0.2, 0.25) is 0 Å². The Morgan fingerprint density at radius 2 is 2.33 bits per heavy atom. The van der Waals surface area contributed by atoms with Gasteiger partial charge in [-0.2, -0.15) is 12.6 Å². The van der Waals surface area contributed by atoms with Gasteiger partial charge in [-0.25, -0.2) is 0 Å². The smallest absolute Gasteiger partial charge is 0.0691 e. The standard InChI is InChI=1S/C7H13OS/c1-6(9)7-4-2-3-5-8-7/h6-7,9H,1-5H2. The molecule has 0 amide bonds. The maximum atomic E-state index is 5.40. The minimum Gasteiger partial charge on any atom is -0.377 e. The quantitative estimate of drug-likeness (QED) is 0.552. The van der Waals surface area contributed by atoms with Gasteiger partial charge >= 0.3 is 0 Å². The molecule has 0 N–H and O–H groups in total. The highest BCUT2D eigenvalue weighted by Gasteiger charge is 2.17. The molecule has 1 rings (SSSR count). The monoisotopic (exact) mass is 145 g/mol. The Hall–Kier alpha value is 0.310. The molecule has 1 heterocycles. The number of hydrogen-bond acceptors (Lipinski definition) is 2. The molecule has 1 nitrogen and oxygen atoms in total. The summed E-state index contributed by atoms with van der Waals surface area (Å²) in [5.41, 5.74) is 0. The molecular formula is C7H13OS. The fourth-order valence-corrected chi connectivity index (χ4v) is 1.30. The molecule has 0 aromatic carbocycles. The first-order valence-corrected chi connectivity index (χ1v) is 3.95. The first kappa shape index (κ1) is 7.42. The van der Waals surface area contributed by atoms with Gasteiger partial charge in [-0.3, -0.25) is 0 Å². The second-order valence-corrected chi connectivity index (χ2v) is 3.14. The van der Waals surface area contributed by atoms with E-state index < -0.39 is 0 Å². The Labute approximate surface area is 62.2 Å². The highest BCUT2D eigenvalue weighted by Crippen LogP contribution is 2.17. The molecular weight excluding hydrogens is 132 g/mol. The van der Waals surface area contributed by atoms with Crippen LogP contribution in [0, 0.1) is 6.92 Å². The second kappa shape index (κ2) is 3.47. The van der Waals surface area contributed by atoms with Gasteiger partial charge in [0.25, 0.3) is 0 Å². The summed E-state index contributed by atoms with van der Waals surface area (Å²) in [6.45, 7) is 4.70. The van der Waals surface area contributed by atoms with Gasteiger partial charge in [0.05, 0.1) is 6.10 Å². The topological polar surface area (TPSA) is 9.23 Å². The molecule has 1 radical (unpaired) electrons. The highest BCUT2D eigenvalue weighted by atomic mass is 32.1. The summed E-state index contributed by atoms with van der Waals surface area (Å²) >= 11 is 4.20. The Bertz CT molecular complexity index is 77.0. The zero-order valence-electron chi connectivity index (χ0n) is 5.55. The van der Waals surface area contributed by atoms with E-state index in [0.717, 1.165) is 13.0 Å². The van der Waals surface area contributed by atoms with Crippen LogP contribution in [0.5, 0.6) is 0 Å². The van der Waals surface area contributed by atoms with Crippen LogP contribution in [-0.2, 0) is 4.74 Å². The lowest BCUT2D eigenvalue weighted by molar-refractivity contribution is 0.0215. The van der Waals surface area contributed by atoms with Gasteiger partial charge < -0.3 is 4.74 Å². The summed E-state index contributed by atoms with van der Waals surface area (Å²) in [6, 6.07) is 0. The van der Waals surface area contributed by atoms with E-state index in [1.165, 1.54) is 12.8 Å². The van der Waals surface area contributed by atoms with Gasteiger partial charge in [0.15, 0.2) is 0 Å². The summed E-state index contributed by atoms with van der Waals surface area (Å²) in [6.07, 6.45) is 3.92. The maximum Gasteiger partial charge on any atom is 0.0691 e. The molecule has 1 aliphatic rings. The van der Waals surface area contributed by atoms with Crippen molar-refractivity contribution >= 4 is 12.6 Å². The predicted octanol–water partition coefficient (Wildman–Crippen LogP) is 1.69. The number of thiol groups is 1. The van der Waals surface area contributed by atoms with Crippen LogP contribution in [0.15, 0.2) is 0 Å². The maximum absolute atomic E-state index is 5.40. The van der Waals surface area contributed by atoms with Gasteiger partial charge in [0, 0.05) is 11.9 Å². The Morgan fingerprint density at radius 1 is 1.56 bits per heavy atom.